The number of hydrogen-bond donors (Lipinski definition) is 1. The van der Waals surface area contributed by atoms with Crippen LogP contribution in [0, 0.1) is 6.92 Å². The minimum Gasteiger partial charge on any atom is -0.314 e. The van der Waals surface area contributed by atoms with Gasteiger partial charge in [0.25, 0.3) is 0 Å². The Morgan fingerprint density at radius 2 is 1.88 bits per heavy atom. The molecule has 1 aromatic carbocycles. The Hall–Kier alpha value is -1.03. The summed E-state index contributed by atoms with van der Waals surface area (Å²) in [4.78, 5) is 0. The van der Waals surface area contributed by atoms with E-state index in [1.807, 2.05) is 13.8 Å². The van der Waals surface area contributed by atoms with E-state index in [-0.39, 0.29) is 0 Å². The smallest absolute Gasteiger partial charge is 0.314 e. The first kappa shape index (κ1) is 14.0. The zero-order valence-electron chi connectivity index (χ0n) is 10.4. The second kappa shape index (κ2) is 5.54. The van der Waals surface area contributed by atoms with E-state index in [1.54, 1.807) is 13.0 Å². The maximum atomic E-state index is 12.4. The molecule has 0 fully saturated rings. The first-order chi connectivity index (χ1) is 7.80. The van der Waals surface area contributed by atoms with Gasteiger partial charge in [0.1, 0.15) is 0 Å². The van der Waals surface area contributed by atoms with Crippen molar-refractivity contribution in [2.24, 2.45) is 0 Å². The summed E-state index contributed by atoms with van der Waals surface area (Å²) in [5, 5.41) is 3.24. The minimum atomic E-state index is -4.25. The van der Waals surface area contributed by atoms with Crippen LogP contribution in [0.3, 0.4) is 0 Å². The Morgan fingerprint density at radius 3 is 2.35 bits per heavy atom. The molecule has 0 bridgehead atoms. The van der Waals surface area contributed by atoms with Gasteiger partial charge in [-0.3, -0.25) is 0 Å². The summed E-state index contributed by atoms with van der Waals surface area (Å²) in [5.41, 5.74) is 1.09. The molecular formula is C13H18F3N. The van der Waals surface area contributed by atoms with E-state index in [4.69, 9.17) is 0 Å². The predicted molar refractivity (Wildman–Crippen MR) is 63.0 cm³/mol. The van der Waals surface area contributed by atoms with E-state index >= 15 is 0 Å². The summed E-state index contributed by atoms with van der Waals surface area (Å²) in [5.74, 6) is 0. The molecule has 0 aliphatic carbocycles. The summed E-state index contributed by atoms with van der Waals surface area (Å²) in [6.07, 6.45) is -3.50. The molecule has 0 aromatic heterocycles. The van der Waals surface area contributed by atoms with Gasteiger partial charge in [-0.2, -0.15) is 13.2 Å². The van der Waals surface area contributed by atoms with Crippen molar-refractivity contribution < 1.29 is 13.2 Å². The molecule has 0 aliphatic heterocycles. The zero-order chi connectivity index (χ0) is 13.1. The molecule has 1 rings (SSSR count). The minimum absolute atomic E-state index is 0.393. The number of aryl methyl sites for hydroxylation is 1. The van der Waals surface area contributed by atoms with Crippen LogP contribution in [-0.2, 0) is 12.6 Å². The Balaban J connectivity index is 2.70. The summed E-state index contributed by atoms with van der Waals surface area (Å²) < 4.78 is 37.3. The highest BCUT2D eigenvalue weighted by molar-refractivity contribution is 5.32. The zero-order valence-corrected chi connectivity index (χ0v) is 10.4. The standard InChI is InChI=1S/C13H18F3N/c1-9(2)17-7-6-11-4-5-12(8-10(11)3)13(14,15)16/h4-5,8-9,17H,6-7H2,1-3H3. The first-order valence-corrected chi connectivity index (χ1v) is 5.71. The predicted octanol–water partition coefficient (Wildman–Crippen LogP) is 3.55. The molecule has 0 atom stereocenters. The summed E-state index contributed by atoms with van der Waals surface area (Å²) >= 11 is 0. The average Bonchev–Trinajstić information content (AvgIpc) is 2.18. The first-order valence-electron chi connectivity index (χ1n) is 5.71. The SMILES string of the molecule is Cc1cc(C(F)(F)F)ccc1CCNC(C)C. The van der Waals surface area contributed by atoms with E-state index in [9.17, 15) is 13.2 Å². The van der Waals surface area contributed by atoms with Crippen LogP contribution in [0.15, 0.2) is 18.2 Å². The molecule has 0 unspecified atom stereocenters. The second-order valence-corrected chi connectivity index (χ2v) is 4.50. The Labute approximate surface area is 100 Å². The maximum Gasteiger partial charge on any atom is 0.416 e. The fourth-order valence-corrected chi connectivity index (χ4v) is 1.65. The average molecular weight is 245 g/mol. The summed E-state index contributed by atoms with van der Waals surface area (Å²) in [7, 11) is 0. The molecule has 4 heteroatoms. The van der Waals surface area contributed by atoms with Gasteiger partial charge < -0.3 is 5.32 Å². The van der Waals surface area contributed by atoms with Crippen LogP contribution >= 0.6 is 0 Å². The van der Waals surface area contributed by atoms with Crippen molar-refractivity contribution in [1.29, 1.82) is 0 Å². The molecule has 96 valence electrons. The largest absolute Gasteiger partial charge is 0.416 e. The maximum absolute atomic E-state index is 12.4. The topological polar surface area (TPSA) is 12.0 Å². The van der Waals surface area contributed by atoms with Crippen molar-refractivity contribution in [3.05, 3.63) is 34.9 Å². The number of nitrogens with one attached hydrogen (secondary N) is 1. The lowest BCUT2D eigenvalue weighted by Gasteiger charge is -2.12. The molecule has 17 heavy (non-hydrogen) atoms. The van der Waals surface area contributed by atoms with Crippen molar-refractivity contribution in [3.8, 4) is 0 Å². The van der Waals surface area contributed by atoms with Gasteiger partial charge in [0.2, 0.25) is 0 Å². The Kier molecular flexibility index (Phi) is 4.57. The van der Waals surface area contributed by atoms with Crippen LogP contribution in [0.1, 0.15) is 30.5 Å². The fraction of sp³-hybridized carbons (Fsp3) is 0.538. The van der Waals surface area contributed by atoms with E-state index in [0.717, 1.165) is 24.6 Å². The molecule has 1 aromatic rings. The van der Waals surface area contributed by atoms with Crippen LogP contribution in [-0.4, -0.2) is 12.6 Å². The molecule has 0 amide bonds. The number of halogens is 3. The van der Waals surface area contributed by atoms with Crippen molar-refractivity contribution in [3.63, 3.8) is 0 Å². The second-order valence-electron chi connectivity index (χ2n) is 4.50. The van der Waals surface area contributed by atoms with Gasteiger partial charge >= 0.3 is 6.18 Å². The van der Waals surface area contributed by atoms with Crippen molar-refractivity contribution in [1.82, 2.24) is 5.32 Å². The molecule has 0 radical (unpaired) electrons. The lowest BCUT2D eigenvalue weighted by molar-refractivity contribution is -0.137. The molecule has 0 heterocycles. The lowest BCUT2D eigenvalue weighted by Crippen LogP contribution is -2.25. The van der Waals surface area contributed by atoms with Crippen LogP contribution in [0.5, 0.6) is 0 Å². The van der Waals surface area contributed by atoms with Crippen LogP contribution in [0.4, 0.5) is 13.2 Å². The van der Waals surface area contributed by atoms with Gasteiger partial charge in [0.05, 0.1) is 5.56 Å². The van der Waals surface area contributed by atoms with Crippen LogP contribution in [0.2, 0.25) is 0 Å². The molecular weight excluding hydrogens is 227 g/mol. The molecule has 0 saturated heterocycles. The van der Waals surface area contributed by atoms with Gasteiger partial charge in [-0.25, -0.2) is 0 Å². The Bertz CT molecular complexity index is 369. The monoisotopic (exact) mass is 245 g/mol. The number of benzene rings is 1. The van der Waals surface area contributed by atoms with Crippen molar-refractivity contribution in [2.75, 3.05) is 6.54 Å². The van der Waals surface area contributed by atoms with Gasteiger partial charge in [0, 0.05) is 6.04 Å². The lowest BCUT2D eigenvalue weighted by atomic mass is 10.0. The molecule has 0 aliphatic rings. The molecule has 0 saturated carbocycles. The van der Waals surface area contributed by atoms with Crippen molar-refractivity contribution >= 4 is 0 Å². The van der Waals surface area contributed by atoms with Gasteiger partial charge in [-0.1, -0.05) is 19.9 Å². The van der Waals surface area contributed by atoms with E-state index in [0.29, 0.717) is 11.6 Å². The number of rotatable bonds is 4. The van der Waals surface area contributed by atoms with E-state index < -0.39 is 11.7 Å². The highest BCUT2D eigenvalue weighted by Gasteiger charge is 2.30. The van der Waals surface area contributed by atoms with Crippen LogP contribution < -0.4 is 5.32 Å². The molecule has 0 spiro atoms. The molecule has 1 N–H and O–H groups in total. The molecule has 1 nitrogen and oxygen atoms in total. The highest BCUT2D eigenvalue weighted by atomic mass is 19.4. The van der Waals surface area contributed by atoms with E-state index in [1.165, 1.54) is 6.07 Å². The summed E-state index contributed by atoms with van der Waals surface area (Å²) in [6.45, 7) is 6.59. The third-order valence-corrected chi connectivity index (χ3v) is 2.62. The number of alkyl halides is 3. The fourth-order valence-electron chi connectivity index (χ4n) is 1.65. The number of hydrogen-bond acceptors (Lipinski definition) is 1. The Morgan fingerprint density at radius 1 is 1.24 bits per heavy atom. The third kappa shape index (κ3) is 4.38. The third-order valence-electron chi connectivity index (χ3n) is 2.62. The normalized spacial score (nSPS) is 12.2. The van der Waals surface area contributed by atoms with Crippen LogP contribution in [0.25, 0.3) is 0 Å². The van der Waals surface area contributed by atoms with Gasteiger partial charge in [-0.15, -0.1) is 0 Å². The van der Waals surface area contributed by atoms with Crippen molar-refractivity contribution in [2.45, 2.75) is 39.4 Å². The quantitative estimate of drug-likeness (QED) is 0.855. The van der Waals surface area contributed by atoms with Gasteiger partial charge in [0.15, 0.2) is 0 Å². The summed E-state index contributed by atoms with van der Waals surface area (Å²) in [6, 6.07) is 4.33. The highest BCUT2D eigenvalue weighted by Crippen LogP contribution is 2.30. The van der Waals surface area contributed by atoms with Gasteiger partial charge in [-0.05, 0) is 43.1 Å². The van der Waals surface area contributed by atoms with E-state index in [2.05, 4.69) is 5.32 Å².